The second-order valence-electron chi connectivity index (χ2n) is 2.52. The van der Waals surface area contributed by atoms with Crippen LogP contribution in [0.25, 0.3) is 0 Å². The molecule has 0 atom stereocenters. The summed E-state index contributed by atoms with van der Waals surface area (Å²) >= 11 is 0. The Labute approximate surface area is 72.9 Å². The first-order valence-corrected chi connectivity index (χ1v) is 3.70. The predicted octanol–water partition coefficient (Wildman–Crippen LogP) is 1.61. The van der Waals surface area contributed by atoms with Gasteiger partial charge in [-0.1, -0.05) is 18.2 Å². The smallest absolute Gasteiger partial charge is 0.106 e. The summed E-state index contributed by atoms with van der Waals surface area (Å²) in [6.07, 6.45) is 0. The van der Waals surface area contributed by atoms with Crippen LogP contribution in [0.5, 0.6) is 0 Å². The van der Waals surface area contributed by atoms with E-state index in [0.717, 1.165) is 5.56 Å². The molecule has 0 fully saturated rings. The van der Waals surface area contributed by atoms with E-state index in [1.54, 1.807) is 0 Å². The average molecular weight is 166 g/mol. The van der Waals surface area contributed by atoms with Gasteiger partial charge in [-0.05, 0) is 30.5 Å². The normalized spacial score (nSPS) is 8.58. The number of aliphatic hydroxyl groups excluding tert-OH is 1. The topological polar surface area (TPSA) is 37.3 Å². The Kier molecular flexibility index (Phi) is 4.97. The summed E-state index contributed by atoms with van der Waals surface area (Å²) in [6, 6.07) is 5.96. The molecule has 12 heavy (non-hydrogen) atoms. The standard InChI is InChI=1S/C9H12O.CH2O/c1-7-4-3-5-9(6-10)8(7)2;1-2/h3-5,10H,6H2,1-2H3;1H2. The molecule has 1 rings (SSSR count). The van der Waals surface area contributed by atoms with Crippen LogP contribution in [0.4, 0.5) is 0 Å². The first kappa shape index (κ1) is 10.8. The third kappa shape index (κ3) is 2.47. The molecule has 2 nitrogen and oxygen atoms in total. The molecule has 0 aliphatic carbocycles. The number of carbonyl (C=O) groups is 1. The zero-order valence-electron chi connectivity index (χ0n) is 7.50. The van der Waals surface area contributed by atoms with Gasteiger partial charge in [0.15, 0.2) is 0 Å². The van der Waals surface area contributed by atoms with Crippen molar-refractivity contribution in [3.05, 3.63) is 34.9 Å². The van der Waals surface area contributed by atoms with Crippen molar-refractivity contribution >= 4 is 6.79 Å². The number of benzene rings is 1. The number of aryl methyl sites for hydroxylation is 1. The van der Waals surface area contributed by atoms with Gasteiger partial charge in [0, 0.05) is 0 Å². The molecule has 0 spiro atoms. The molecule has 1 aromatic carbocycles. The number of rotatable bonds is 1. The van der Waals surface area contributed by atoms with Crippen LogP contribution in [-0.4, -0.2) is 11.9 Å². The van der Waals surface area contributed by atoms with Crippen LogP contribution in [-0.2, 0) is 11.4 Å². The molecule has 0 aromatic heterocycles. The zero-order valence-corrected chi connectivity index (χ0v) is 7.50. The van der Waals surface area contributed by atoms with Gasteiger partial charge in [-0.15, -0.1) is 0 Å². The average Bonchev–Trinajstić information content (AvgIpc) is 2.13. The molecule has 0 aliphatic heterocycles. The van der Waals surface area contributed by atoms with Crippen molar-refractivity contribution in [1.82, 2.24) is 0 Å². The van der Waals surface area contributed by atoms with Crippen LogP contribution in [0.1, 0.15) is 16.7 Å². The maximum Gasteiger partial charge on any atom is 0.106 e. The van der Waals surface area contributed by atoms with E-state index in [2.05, 4.69) is 13.0 Å². The van der Waals surface area contributed by atoms with Crippen LogP contribution in [0.3, 0.4) is 0 Å². The molecule has 0 bridgehead atoms. The lowest BCUT2D eigenvalue weighted by Gasteiger charge is -2.03. The summed E-state index contributed by atoms with van der Waals surface area (Å²) in [7, 11) is 0. The fourth-order valence-electron chi connectivity index (χ4n) is 0.983. The van der Waals surface area contributed by atoms with Crippen molar-refractivity contribution < 1.29 is 9.90 Å². The Hall–Kier alpha value is -1.15. The van der Waals surface area contributed by atoms with E-state index in [9.17, 15) is 0 Å². The first-order chi connectivity index (χ1) is 5.75. The lowest BCUT2D eigenvalue weighted by atomic mass is 10.0. The van der Waals surface area contributed by atoms with Crippen LogP contribution < -0.4 is 0 Å². The maximum atomic E-state index is 8.84. The molecule has 0 radical (unpaired) electrons. The Morgan fingerprint density at radius 2 is 1.92 bits per heavy atom. The molecule has 0 saturated heterocycles. The molecular weight excluding hydrogens is 152 g/mol. The van der Waals surface area contributed by atoms with Gasteiger partial charge in [0.05, 0.1) is 6.61 Å². The van der Waals surface area contributed by atoms with Gasteiger partial charge in [-0.3, -0.25) is 0 Å². The molecule has 0 unspecified atom stereocenters. The third-order valence-corrected chi connectivity index (χ3v) is 1.89. The van der Waals surface area contributed by atoms with E-state index in [1.165, 1.54) is 11.1 Å². The molecule has 0 amide bonds. The number of aliphatic hydroxyl groups is 1. The summed E-state index contributed by atoms with van der Waals surface area (Å²) in [5, 5.41) is 8.84. The van der Waals surface area contributed by atoms with Crippen molar-refractivity contribution in [3.63, 3.8) is 0 Å². The quantitative estimate of drug-likeness (QED) is 0.688. The van der Waals surface area contributed by atoms with Crippen LogP contribution >= 0.6 is 0 Å². The van der Waals surface area contributed by atoms with E-state index >= 15 is 0 Å². The summed E-state index contributed by atoms with van der Waals surface area (Å²) in [5.74, 6) is 0. The molecule has 66 valence electrons. The van der Waals surface area contributed by atoms with Gasteiger partial charge >= 0.3 is 0 Å². The highest BCUT2D eigenvalue weighted by Gasteiger charge is 1.96. The highest BCUT2D eigenvalue weighted by Crippen LogP contribution is 2.11. The Morgan fingerprint density at radius 1 is 1.33 bits per heavy atom. The van der Waals surface area contributed by atoms with Gasteiger partial charge in [-0.25, -0.2) is 0 Å². The summed E-state index contributed by atoms with van der Waals surface area (Å²) in [6.45, 7) is 6.23. The van der Waals surface area contributed by atoms with E-state index in [1.807, 2.05) is 25.8 Å². The van der Waals surface area contributed by atoms with Crippen molar-refractivity contribution in [2.24, 2.45) is 0 Å². The van der Waals surface area contributed by atoms with Crippen LogP contribution in [0, 0.1) is 13.8 Å². The molecule has 0 aliphatic rings. The van der Waals surface area contributed by atoms with Crippen LogP contribution in [0.15, 0.2) is 18.2 Å². The minimum Gasteiger partial charge on any atom is -0.392 e. The van der Waals surface area contributed by atoms with Gasteiger partial charge in [0.1, 0.15) is 6.79 Å². The Morgan fingerprint density at radius 3 is 2.33 bits per heavy atom. The largest absolute Gasteiger partial charge is 0.392 e. The molecular formula is C10H14O2. The van der Waals surface area contributed by atoms with Crippen LogP contribution in [0.2, 0.25) is 0 Å². The van der Waals surface area contributed by atoms with Gasteiger partial charge in [-0.2, -0.15) is 0 Å². The molecule has 1 N–H and O–H groups in total. The van der Waals surface area contributed by atoms with Crippen molar-refractivity contribution in [3.8, 4) is 0 Å². The Balaban J connectivity index is 0.000000561. The monoisotopic (exact) mass is 166 g/mol. The molecule has 1 aromatic rings. The predicted molar refractivity (Wildman–Crippen MR) is 49.0 cm³/mol. The first-order valence-electron chi connectivity index (χ1n) is 3.70. The van der Waals surface area contributed by atoms with E-state index in [4.69, 9.17) is 9.90 Å². The SMILES string of the molecule is C=O.Cc1cccc(CO)c1C. The highest BCUT2D eigenvalue weighted by molar-refractivity contribution is 5.32. The summed E-state index contributed by atoms with van der Waals surface area (Å²) in [4.78, 5) is 8.00. The summed E-state index contributed by atoms with van der Waals surface area (Å²) in [5.41, 5.74) is 3.47. The highest BCUT2D eigenvalue weighted by atomic mass is 16.3. The van der Waals surface area contributed by atoms with Crippen molar-refractivity contribution in [1.29, 1.82) is 0 Å². The number of carbonyl (C=O) groups excluding carboxylic acids is 1. The van der Waals surface area contributed by atoms with E-state index in [-0.39, 0.29) is 6.61 Å². The molecule has 0 saturated carbocycles. The van der Waals surface area contributed by atoms with Crippen molar-refractivity contribution in [2.45, 2.75) is 20.5 Å². The fourth-order valence-corrected chi connectivity index (χ4v) is 0.983. The second-order valence-corrected chi connectivity index (χ2v) is 2.52. The fraction of sp³-hybridized carbons (Fsp3) is 0.300. The lowest BCUT2D eigenvalue weighted by molar-refractivity contribution is -0.0979. The van der Waals surface area contributed by atoms with Gasteiger partial charge < -0.3 is 9.90 Å². The minimum atomic E-state index is 0.146. The third-order valence-electron chi connectivity index (χ3n) is 1.89. The van der Waals surface area contributed by atoms with Gasteiger partial charge in [0.25, 0.3) is 0 Å². The van der Waals surface area contributed by atoms with E-state index < -0.39 is 0 Å². The Bertz CT molecular complexity index is 244. The molecule has 2 heteroatoms. The summed E-state index contributed by atoms with van der Waals surface area (Å²) < 4.78 is 0. The molecule has 0 heterocycles. The number of hydrogen-bond acceptors (Lipinski definition) is 2. The van der Waals surface area contributed by atoms with Gasteiger partial charge in [0.2, 0.25) is 0 Å². The van der Waals surface area contributed by atoms with Crippen molar-refractivity contribution in [2.75, 3.05) is 0 Å². The minimum absolute atomic E-state index is 0.146. The zero-order chi connectivity index (χ0) is 9.56. The van der Waals surface area contributed by atoms with E-state index in [0.29, 0.717) is 0 Å². The number of hydrogen-bond donors (Lipinski definition) is 1. The second kappa shape index (κ2) is 5.49. The maximum absolute atomic E-state index is 8.84. The lowest BCUT2D eigenvalue weighted by Crippen LogP contribution is -1.90.